The van der Waals surface area contributed by atoms with Crippen LogP contribution < -0.4 is 4.74 Å². The van der Waals surface area contributed by atoms with E-state index in [9.17, 15) is 0 Å². The minimum atomic E-state index is 0.592. The number of hydrogen-bond donors (Lipinski definition) is 0. The van der Waals surface area contributed by atoms with Crippen molar-refractivity contribution in [1.82, 2.24) is 4.98 Å². The summed E-state index contributed by atoms with van der Waals surface area (Å²) in [7, 11) is 3.10. The summed E-state index contributed by atoms with van der Waals surface area (Å²) in [5, 5.41) is 3.79. The molecule has 0 amide bonds. The molecule has 1 aromatic heterocycles. The van der Waals surface area contributed by atoms with Crippen LogP contribution in [0.3, 0.4) is 0 Å². The lowest BCUT2D eigenvalue weighted by molar-refractivity contribution is 0.213. The maximum Gasteiger partial charge on any atom is 0.212 e. The zero-order valence-corrected chi connectivity index (χ0v) is 7.94. The summed E-state index contributed by atoms with van der Waals surface area (Å²) in [5.41, 5.74) is 1.71. The number of aromatic nitrogens is 1. The first-order chi connectivity index (χ1) is 6.27. The standard InChI is InChI=1S/C9H12N2O2/c1-7(11-13-3)8-4-5-9(12-2)10-6-8/h4-6H,1-3H3/b11-7-. The first-order valence-corrected chi connectivity index (χ1v) is 3.86. The molecule has 4 nitrogen and oxygen atoms in total. The molecule has 0 aliphatic heterocycles. The summed E-state index contributed by atoms with van der Waals surface area (Å²) in [4.78, 5) is 8.69. The number of pyridine rings is 1. The second kappa shape index (κ2) is 4.45. The van der Waals surface area contributed by atoms with Gasteiger partial charge in [0.15, 0.2) is 0 Å². The van der Waals surface area contributed by atoms with Gasteiger partial charge in [0, 0.05) is 17.8 Å². The fraction of sp³-hybridized carbons (Fsp3) is 0.333. The number of nitrogens with zero attached hydrogens (tertiary/aromatic N) is 2. The second-order valence-electron chi connectivity index (χ2n) is 2.45. The lowest BCUT2D eigenvalue weighted by atomic mass is 10.2. The average molecular weight is 180 g/mol. The maximum atomic E-state index is 4.93. The molecule has 0 fully saturated rings. The van der Waals surface area contributed by atoms with Crippen LogP contribution in [0.4, 0.5) is 0 Å². The van der Waals surface area contributed by atoms with E-state index < -0.39 is 0 Å². The molecule has 1 rings (SSSR count). The van der Waals surface area contributed by atoms with Crippen molar-refractivity contribution >= 4 is 5.71 Å². The third-order valence-electron chi connectivity index (χ3n) is 1.59. The van der Waals surface area contributed by atoms with Crippen molar-refractivity contribution in [2.75, 3.05) is 14.2 Å². The molecular weight excluding hydrogens is 168 g/mol. The molecule has 0 saturated carbocycles. The lowest BCUT2D eigenvalue weighted by Crippen LogP contribution is -1.97. The molecule has 0 atom stereocenters. The van der Waals surface area contributed by atoms with E-state index in [0.29, 0.717) is 5.88 Å². The first-order valence-electron chi connectivity index (χ1n) is 3.86. The Kier molecular flexibility index (Phi) is 3.25. The largest absolute Gasteiger partial charge is 0.481 e. The molecule has 0 radical (unpaired) electrons. The van der Waals surface area contributed by atoms with Crippen molar-refractivity contribution in [1.29, 1.82) is 0 Å². The van der Waals surface area contributed by atoms with Crippen LogP contribution in [0.1, 0.15) is 12.5 Å². The molecule has 0 unspecified atom stereocenters. The summed E-state index contributed by atoms with van der Waals surface area (Å²) in [5.74, 6) is 0.592. The third-order valence-corrected chi connectivity index (χ3v) is 1.59. The van der Waals surface area contributed by atoms with E-state index in [4.69, 9.17) is 4.74 Å². The fourth-order valence-corrected chi connectivity index (χ4v) is 0.905. The van der Waals surface area contributed by atoms with Crippen LogP contribution in [-0.2, 0) is 4.84 Å². The predicted octanol–water partition coefficient (Wildman–Crippen LogP) is 1.46. The Morgan fingerprint density at radius 3 is 2.62 bits per heavy atom. The van der Waals surface area contributed by atoms with Gasteiger partial charge in [-0.15, -0.1) is 0 Å². The zero-order valence-electron chi connectivity index (χ0n) is 7.94. The minimum absolute atomic E-state index is 0.592. The smallest absolute Gasteiger partial charge is 0.212 e. The Balaban J connectivity index is 2.85. The van der Waals surface area contributed by atoms with E-state index in [2.05, 4.69) is 15.0 Å². The van der Waals surface area contributed by atoms with Gasteiger partial charge in [-0.05, 0) is 13.0 Å². The Labute approximate surface area is 77.2 Å². The summed E-state index contributed by atoms with van der Waals surface area (Å²) in [6.07, 6.45) is 1.69. The quantitative estimate of drug-likeness (QED) is 0.522. The van der Waals surface area contributed by atoms with Crippen molar-refractivity contribution in [3.05, 3.63) is 23.9 Å². The first kappa shape index (κ1) is 9.51. The van der Waals surface area contributed by atoms with E-state index in [0.717, 1.165) is 11.3 Å². The van der Waals surface area contributed by atoms with Crippen LogP contribution in [0.5, 0.6) is 5.88 Å². The molecule has 0 aromatic carbocycles. The molecule has 13 heavy (non-hydrogen) atoms. The Morgan fingerprint density at radius 1 is 1.38 bits per heavy atom. The summed E-state index contributed by atoms with van der Waals surface area (Å²) >= 11 is 0. The van der Waals surface area contributed by atoms with Crippen LogP contribution in [0.15, 0.2) is 23.5 Å². The van der Waals surface area contributed by atoms with Crippen molar-refractivity contribution in [3.8, 4) is 5.88 Å². The van der Waals surface area contributed by atoms with E-state index in [1.54, 1.807) is 19.4 Å². The topological polar surface area (TPSA) is 43.7 Å². The van der Waals surface area contributed by atoms with Gasteiger partial charge in [0.25, 0.3) is 0 Å². The molecule has 70 valence electrons. The summed E-state index contributed by atoms with van der Waals surface area (Å²) in [6, 6.07) is 3.66. The van der Waals surface area contributed by atoms with E-state index >= 15 is 0 Å². The van der Waals surface area contributed by atoms with Gasteiger partial charge in [0.2, 0.25) is 5.88 Å². The highest BCUT2D eigenvalue weighted by molar-refractivity contribution is 5.98. The number of methoxy groups -OCH3 is 1. The maximum absolute atomic E-state index is 4.93. The Morgan fingerprint density at radius 2 is 2.15 bits per heavy atom. The van der Waals surface area contributed by atoms with Crippen molar-refractivity contribution in [2.24, 2.45) is 5.16 Å². The van der Waals surface area contributed by atoms with Gasteiger partial charge in [-0.25, -0.2) is 4.98 Å². The van der Waals surface area contributed by atoms with Crippen LogP contribution in [-0.4, -0.2) is 24.9 Å². The highest BCUT2D eigenvalue weighted by Gasteiger charge is 1.98. The van der Waals surface area contributed by atoms with Crippen LogP contribution in [0.2, 0.25) is 0 Å². The van der Waals surface area contributed by atoms with Crippen LogP contribution in [0.25, 0.3) is 0 Å². The third kappa shape index (κ3) is 2.43. The lowest BCUT2D eigenvalue weighted by Gasteiger charge is -2.00. The van der Waals surface area contributed by atoms with Crippen LogP contribution >= 0.6 is 0 Å². The molecule has 0 spiro atoms. The number of rotatable bonds is 3. The monoisotopic (exact) mass is 180 g/mol. The van der Waals surface area contributed by atoms with Crippen molar-refractivity contribution in [3.63, 3.8) is 0 Å². The highest BCUT2D eigenvalue weighted by Crippen LogP contribution is 2.07. The molecule has 0 aliphatic rings. The second-order valence-corrected chi connectivity index (χ2v) is 2.45. The average Bonchev–Trinajstić information content (AvgIpc) is 2.18. The normalized spacial score (nSPS) is 11.2. The fourth-order valence-electron chi connectivity index (χ4n) is 0.905. The number of ether oxygens (including phenoxy) is 1. The molecule has 4 heteroatoms. The van der Waals surface area contributed by atoms with E-state index in [1.807, 2.05) is 13.0 Å². The summed E-state index contributed by atoms with van der Waals surface area (Å²) in [6.45, 7) is 1.85. The van der Waals surface area contributed by atoms with Gasteiger partial charge in [0.05, 0.1) is 12.8 Å². The molecular formula is C9H12N2O2. The highest BCUT2D eigenvalue weighted by atomic mass is 16.6. The number of oxime groups is 1. The zero-order chi connectivity index (χ0) is 9.68. The predicted molar refractivity (Wildman–Crippen MR) is 50.0 cm³/mol. The molecule has 0 saturated heterocycles. The van der Waals surface area contributed by atoms with Gasteiger partial charge in [-0.1, -0.05) is 5.16 Å². The van der Waals surface area contributed by atoms with E-state index in [-0.39, 0.29) is 0 Å². The van der Waals surface area contributed by atoms with Gasteiger partial charge >= 0.3 is 0 Å². The molecule has 0 aliphatic carbocycles. The van der Waals surface area contributed by atoms with Gasteiger partial charge in [0.1, 0.15) is 7.11 Å². The van der Waals surface area contributed by atoms with Crippen molar-refractivity contribution in [2.45, 2.75) is 6.92 Å². The molecule has 1 aromatic rings. The van der Waals surface area contributed by atoms with E-state index in [1.165, 1.54) is 7.11 Å². The summed E-state index contributed by atoms with van der Waals surface area (Å²) < 4.78 is 4.93. The molecule has 0 N–H and O–H groups in total. The van der Waals surface area contributed by atoms with Crippen molar-refractivity contribution < 1.29 is 9.57 Å². The van der Waals surface area contributed by atoms with Gasteiger partial charge in [-0.3, -0.25) is 0 Å². The Hall–Kier alpha value is -1.58. The van der Waals surface area contributed by atoms with Crippen LogP contribution in [0, 0.1) is 0 Å². The molecule has 1 heterocycles. The van der Waals surface area contributed by atoms with Gasteiger partial charge < -0.3 is 9.57 Å². The minimum Gasteiger partial charge on any atom is -0.481 e. The number of hydrogen-bond acceptors (Lipinski definition) is 4. The SMILES string of the molecule is CO/N=C(/C)c1ccc(OC)nc1. The Bertz CT molecular complexity index is 293. The van der Waals surface area contributed by atoms with Gasteiger partial charge in [-0.2, -0.15) is 0 Å². The molecule has 0 bridgehead atoms.